The number of pyridine rings is 1. The zero-order valence-electron chi connectivity index (χ0n) is 10.9. The van der Waals surface area contributed by atoms with Crippen LogP contribution in [-0.4, -0.2) is 15.0 Å². The molecule has 0 saturated heterocycles. The van der Waals surface area contributed by atoms with E-state index in [0.29, 0.717) is 11.6 Å². The average molecular weight is 243 g/mol. The van der Waals surface area contributed by atoms with Gasteiger partial charge in [0.1, 0.15) is 11.5 Å². The molecule has 5 nitrogen and oxygen atoms in total. The summed E-state index contributed by atoms with van der Waals surface area (Å²) >= 11 is 0. The number of hydrogen-bond donors (Lipinski definition) is 2. The predicted molar refractivity (Wildman–Crippen MR) is 71.9 cm³/mol. The third-order valence-corrected chi connectivity index (χ3v) is 2.93. The largest absolute Gasteiger partial charge is 0.308 e. The number of hydrazine groups is 1. The SMILES string of the molecule is CCc1c(C)nc(-c2ncccc2C)nc1NN. The van der Waals surface area contributed by atoms with Crippen molar-refractivity contribution in [3.8, 4) is 11.5 Å². The van der Waals surface area contributed by atoms with Gasteiger partial charge in [0, 0.05) is 17.5 Å². The Kier molecular flexibility index (Phi) is 3.53. The van der Waals surface area contributed by atoms with Crippen LogP contribution in [0.3, 0.4) is 0 Å². The Balaban J connectivity index is 2.60. The Morgan fingerprint density at radius 2 is 2.06 bits per heavy atom. The van der Waals surface area contributed by atoms with Gasteiger partial charge in [0.05, 0.1) is 0 Å². The molecule has 0 fully saturated rings. The summed E-state index contributed by atoms with van der Waals surface area (Å²) in [5.41, 5.74) is 6.44. The van der Waals surface area contributed by atoms with Crippen LogP contribution in [-0.2, 0) is 6.42 Å². The maximum Gasteiger partial charge on any atom is 0.180 e. The fraction of sp³-hybridized carbons (Fsp3) is 0.308. The molecule has 0 aliphatic rings. The van der Waals surface area contributed by atoms with Crippen molar-refractivity contribution in [2.24, 2.45) is 5.84 Å². The van der Waals surface area contributed by atoms with E-state index in [4.69, 9.17) is 5.84 Å². The van der Waals surface area contributed by atoms with E-state index in [9.17, 15) is 0 Å². The van der Waals surface area contributed by atoms with Crippen LogP contribution in [0.4, 0.5) is 5.82 Å². The molecule has 0 amide bonds. The zero-order valence-corrected chi connectivity index (χ0v) is 10.9. The van der Waals surface area contributed by atoms with Crippen molar-refractivity contribution in [3.05, 3.63) is 35.2 Å². The van der Waals surface area contributed by atoms with E-state index in [2.05, 4.69) is 27.3 Å². The summed E-state index contributed by atoms with van der Waals surface area (Å²) in [4.78, 5) is 13.3. The van der Waals surface area contributed by atoms with Crippen LogP contribution in [0.25, 0.3) is 11.5 Å². The molecule has 0 aliphatic carbocycles. The van der Waals surface area contributed by atoms with E-state index in [1.54, 1.807) is 6.20 Å². The van der Waals surface area contributed by atoms with Gasteiger partial charge < -0.3 is 5.43 Å². The molecule has 0 unspecified atom stereocenters. The molecule has 94 valence electrons. The fourth-order valence-corrected chi connectivity index (χ4v) is 1.96. The molecule has 18 heavy (non-hydrogen) atoms. The van der Waals surface area contributed by atoms with Gasteiger partial charge in [0.15, 0.2) is 5.82 Å². The van der Waals surface area contributed by atoms with Gasteiger partial charge in [-0.2, -0.15) is 0 Å². The Hall–Kier alpha value is -2.01. The molecule has 2 rings (SSSR count). The first-order valence-corrected chi connectivity index (χ1v) is 5.93. The van der Waals surface area contributed by atoms with E-state index in [1.165, 1.54) is 0 Å². The Labute approximate surface area is 106 Å². The normalized spacial score (nSPS) is 10.4. The zero-order chi connectivity index (χ0) is 13.1. The maximum absolute atomic E-state index is 5.52. The minimum atomic E-state index is 0.607. The number of aromatic nitrogens is 3. The first-order chi connectivity index (χ1) is 8.67. The van der Waals surface area contributed by atoms with Crippen LogP contribution in [0, 0.1) is 13.8 Å². The molecule has 5 heteroatoms. The van der Waals surface area contributed by atoms with Crippen LogP contribution in [0.2, 0.25) is 0 Å². The number of rotatable bonds is 3. The van der Waals surface area contributed by atoms with Gasteiger partial charge >= 0.3 is 0 Å². The van der Waals surface area contributed by atoms with E-state index in [0.717, 1.165) is 28.9 Å². The molecule has 0 aromatic carbocycles. The monoisotopic (exact) mass is 243 g/mol. The highest BCUT2D eigenvalue weighted by Crippen LogP contribution is 2.22. The van der Waals surface area contributed by atoms with Crippen LogP contribution in [0.5, 0.6) is 0 Å². The number of nitrogens with one attached hydrogen (secondary N) is 1. The quantitative estimate of drug-likeness (QED) is 0.637. The smallest absolute Gasteiger partial charge is 0.180 e. The molecule has 0 aliphatic heterocycles. The number of nitrogens with two attached hydrogens (primary N) is 1. The molecule has 2 aromatic heterocycles. The van der Waals surface area contributed by atoms with Crippen molar-refractivity contribution in [1.29, 1.82) is 0 Å². The highest BCUT2D eigenvalue weighted by atomic mass is 15.3. The molecular weight excluding hydrogens is 226 g/mol. The predicted octanol–water partition coefficient (Wildman–Crippen LogP) is 2.00. The molecular formula is C13H17N5. The molecule has 0 radical (unpaired) electrons. The summed E-state index contributed by atoms with van der Waals surface area (Å²) in [5.74, 6) is 6.80. The third kappa shape index (κ3) is 2.17. The second-order valence-electron chi connectivity index (χ2n) is 4.13. The van der Waals surface area contributed by atoms with Gasteiger partial charge in [0.25, 0.3) is 0 Å². The van der Waals surface area contributed by atoms with Crippen LogP contribution >= 0.6 is 0 Å². The molecule has 0 atom stereocenters. The second kappa shape index (κ2) is 5.10. The number of hydrogen-bond acceptors (Lipinski definition) is 5. The van der Waals surface area contributed by atoms with Crippen LogP contribution in [0.1, 0.15) is 23.7 Å². The fourth-order valence-electron chi connectivity index (χ4n) is 1.96. The molecule has 0 bridgehead atoms. The van der Waals surface area contributed by atoms with Crippen molar-refractivity contribution in [2.45, 2.75) is 27.2 Å². The summed E-state index contributed by atoms with van der Waals surface area (Å²) in [5, 5.41) is 0. The minimum absolute atomic E-state index is 0.607. The Morgan fingerprint density at radius 3 is 2.67 bits per heavy atom. The third-order valence-electron chi connectivity index (χ3n) is 2.93. The van der Waals surface area contributed by atoms with E-state index in [-0.39, 0.29) is 0 Å². The highest BCUT2D eigenvalue weighted by Gasteiger charge is 2.12. The van der Waals surface area contributed by atoms with E-state index >= 15 is 0 Å². The highest BCUT2D eigenvalue weighted by molar-refractivity contribution is 5.59. The summed E-state index contributed by atoms with van der Waals surface area (Å²) in [7, 11) is 0. The molecule has 0 spiro atoms. The van der Waals surface area contributed by atoms with Crippen molar-refractivity contribution in [2.75, 3.05) is 5.43 Å². The number of anilines is 1. The molecule has 2 aromatic rings. The number of nitrogen functional groups attached to an aromatic ring is 1. The Morgan fingerprint density at radius 1 is 1.28 bits per heavy atom. The maximum atomic E-state index is 5.52. The summed E-state index contributed by atoms with van der Waals surface area (Å²) < 4.78 is 0. The molecule has 3 N–H and O–H groups in total. The van der Waals surface area contributed by atoms with Gasteiger partial charge in [-0.25, -0.2) is 15.8 Å². The summed E-state index contributed by atoms with van der Waals surface area (Å²) in [6.45, 7) is 6.01. The van der Waals surface area contributed by atoms with Crippen molar-refractivity contribution >= 4 is 5.82 Å². The van der Waals surface area contributed by atoms with E-state index in [1.807, 2.05) is 26.0 Å². The Bertz CT molecular complexity index is 565. The van der Waals surface area contributed by atoms with Crippen LogP contribution in [0.15, 0.2) is 18.3 Å². The standard InChI is InChI=1S/C13H17N5/c1-4-10-9(3)16-13(17-12(10)18-14)11-8(2)6-5-7-15-11/h5-7H,4,14H2,1-3H3,(H,16,17,18). The van der Waals surface area contributed by atoms with Gasteiger partial charge in [-0.05, 0) is 31.9 Å². The van der Waals surface area contributed by atoms with Gasteiger partial charge in [0.2, 0.25) is 0 Å². The lowest BCUT2D eigenvalue weighted by Gasteiger charge is -2.11. The minimum Gasteiger partial charge on any atom is -0.308 e. The van der Waals surface area contributed by atoms with Gasteiger partial charge in [-0.15, -0.1) is 0 Å². The first-order valence-electron chi connectivity index (χ1n) is 5.93. The first kappa shape index (κ1) is 12.4. The van der Waals surface area contributed by atoms with Crippen LogP contribution < -0.4 is 11.3 Å². The van der Waals surface area contributed by atoms with Crippen molar-refractivity contribution in [1.82, 2.24) is 15.0 Å². The lowest BCUT2D eigenvalue weighted by Crippen LogP contribution is -2.14. The number of aryl methyl sites for hydroxylation is 2. The second-order valence-corrected chi connectivity index (χ2v) is 4.13. The van der Waals surface area contributed by atoms with Crippen molar-refractivity contribution in [3.63, 3.8) is 0 Å². The van der Waals surface area contributed by atoms with Crippen molar-refractivity contribution < 1.29 is 0 Å². The van der Waals surface area contributed by atoms with Gasteiger partial charge in [-0.3, -0.25) is 4.98 Å². The summed E-state index contributed by atoms with van der Waals surface area (Å²) in [6.07, 6.45) is 2.58. The number of nitrogens with zero attached hydrogens (tertiary/aromatic N) is 3. The topological polar surface area (TPSA) is 76.7 Å². The lowest BCUT2D eigenvalue weighted by molar-refractivity contribution is 0.986. The lowest BCUT2D eigenvalue weighted by atomic mass is 10.1. The van der Waals surface area contributed by atoms with Gasteiger partial charge in [-0.1, -0.05) is 13.0 Å². The molecule has 2 heterocycles. The summed E-state index contributed by atoms with van der Waals surface area (Å²) in [6, 6.07) is 3.89. The molecule has 0 saturated carbocycles. The average Bonchev–Trinajstić information content (AvgIpc) is 2.38. The van der Waals surface area contributed by atoms with E-state index < -0.39 is 0 Å².